The average Bonchev–Trinajstić information content (AvgIpc) is 1.57. The molecule has 2 atom stereocenters. The summed E-state index contributed by atoms with van der Waals surface area (Å²) < 4.78 is 112. The van der Waals surface area contributed by atoms with Gasteiger partial charge < -0.3 is 28.8 Å². The van der Waals surface area contributed by atoms with Crippen LogP contribution in [0.2, 0.25) is 0 Å². The molecule has 6 nitrogen and oxygen atoms in total. The van der Waals surface area contributed by atoms with Crippen molar-refractivity contribution in [3.05, 3.63) is 177 Å². The second kappa shape index (κ2) is 21.5. The third kappa shape index (κ3) is 10.6. The fourth-order valence-corrected chi connectivity index (χ4v) is 12.7. The molecular formula is C74H76F6N2O4. The van der Waals surface area contributed by atoms with E-state index in [-0.39, 0.29) is 80.8 Å². The van der Waals surface area contributed by atoms with Gasteiger partial charge in [0.25, 0.3) is 0 Å². The lowest BCUT2D eigenvalue weighted by atomic mass is 9.80. The van der Waals surface area contributed by atoms with Crippen molar-refractivity contribution >= 4 is 43.6 Å². The number of aryl methyl sites for hydroxylation is 2. The molecule has 0 amide bonds. The van der Waals surface area contributed by atoms with Gasteiger partial charge in [0.2, 0.25) is 0 Å². The van der Waals surface area contributed by atoms with Gasteiger partial charge in [0.15, 0.2) is 34.9 Å². The lowest BCUT2D eigenvalue weighted by molar-refractivity contribution is 0.105. The number of nitrogens with zero attached hydrogens (tertiary/aromatic N) is 2. The summed E-state index contributed by atoms with van der Waals surface area (Å²) >= 11 is 0. The van der Waals surface area contributed by atoms with Crippen LogP contribution in [0.3, 0.4) is 0 Å². The van der Waals surface area contributed by atoms with Crippen LogP contribution in [0.15, 0.2) is 109 Å². The quantitative estimate of drug-likeness (QED) is 0.106. The zero-order valence-electron chi connectivity index (χ0n) is 51.7. The van der Waals surface area contributed by atoms with Crippen LogP contribution in [0, 0.1) is 60.6 Å². The largest absolute Gasteiger partial charge is 0.505 e. The molecule has 1 saturated carbocycles. The Hall–Kier alpha value is -7.86. The topological polar surface area (TPSA) is 68.8 Å². The molecule has 448 valence electrons. The summed E-state index contributed by atoms with van der Waals surface area (Å²) in [5, 5.41) is 28.8. The molecule has 0 aliphatic heterocycles. The summed E-state index contributed by atoms with van der Waals surface area (Å²) in [6.07, 6.45) is 2.62. The number of phenols is 2. The van der Waals surface area contributed by atoms with Gasteiger partial charge in [-0.15, -0.1) is 0 Å². The van der Waals surface area contributed by atoms with Crippen LogP contribution >= 0.6 is 0 Å². The molecule has 2 N–H and O–H groups in total. The molecule has 10 aromatic rings. The van der Waals surface area contributed by atoms with Crippen molar-refractivity contribution in [2.24, 2.45) is 11.8 Å². The third-order valence-electron chi connectivity index (χ3n) is 17.7. The van der Waals surface area contributed by atoms with Crippen LogP contribution in [0.1, 0.15) is 142 Å². The van der Waals surface area contributed by atoms with E-state index in [0.717, 1.165) is 90.8 Å². The Kier molecular flexibility index (Phi) is 15.0. The van der Waals surface area contributed by atoms with Gasteiger partial charge in [-0.3, -0.25) is 0 Å². The Bertz CT molecular complexity index is 3950. The van der Waals surface area contributed by atoms with E-state index in [9.17, 15) is 10.2 Å². The number of aromatic nitrogens is 2. The maximum Gasteiger partial charge on any atom is 0.195 e. The predicted molar refractivity (Wildman–Crippen MR) is 336 cm³/mol. The van der Waals surface area contributed by atoms with Crippen molar-refractivity contribution < 1.29 is 46.0 Å². The maximum absolute atomic E-state index is 16.7. The molecule has 0 saturated heterocycles. The van der Waals surface area contributed by atoms with E-state index in [1.807, 2.05) is 33.4 Å². The first-order valence-corrected chi connectivity index (χ1v) is 29.8. The monoisotopic (exact) mass is 1170 g/mol. The Labute approximate surface area is 500 Å². The fourth-order valence-electron chi connectivity index (χ4n) is 12.7. The predicted octanol–water partition coefficient (Wildman–Crippen LogP) is 20.5. The molecular weight excluding hydrogens is 1090 g/mol. The molecule has 0 radical (unpaired) electrons. The Balaban J connectivity index is 0.943. The average molecular weight is 1170 g/mol. The molecule has 86 heavy (non-hydrogen) atoms. The van der Waals surface area contributed by atoms with E-state index in [4.69, 9.17) is 9.47 Å². The molecule has 12 heteroatoms. The molecule has 2 heterocycles. The van der Waals surface area contributed by atoms with Crippen molar-refractivity contribution in [2.45, 2.75) is 144 Å². The highest BCUT2D eigenvalue weighted by Gasteiger charge is 2.33. The van der Waals surface area contributed by atoms with Crippen LogP contribution in [-0.4, -0.2) is 32.6 Å². The van der Waals surface area contributed by atoms with E-state index in [2.05, 4.69) is 132 Å². The molecule has 1 aliphatic carbocycles. The summed E-state index contributed by atoms with van der Waals surface area (Å²) in [6, 6.07) is 33.1. The van der Waals surface area contributed by atoms with E-state index in [1.54, 1.807) is 26.0 Å². The minimum Gasteiger partial charge on any atom is -0.505 e. The van der Waals surface area contributed by atoms with Crippen LogP contribution in [0.4, 0.5) is 26.3 Å². The Morgan fingerprint density at radius 1 is 0.407 bits per heavy atom. The van der Waals surface area contributed by atoms with Gasteiger partial charge in [0, 0.05) is 44.8 Å². The third-order valence-corrected chi connectivity index (χ3v) is 17.7. The van der Waals surface area contributed by atoms with Crippen molar-refractivity contribution in [2.75, 3.05) is 13.2 Å². The van der Waals surface area contributed by atoms with Gasteiger partial charge in [-0.1, -0.05) is 120 Å². The van der Waals surface area contributed by atoms with Gasteiger partial charge in [0.1, 0.15) is 23.0 Å². The van der Waals surface area contributed by atoms with Crippen molar-refractivity contribution in [1.29, 1.82) is 0 Å². The lowest BCUT2D eigenvalue weighted by Gasteiger charge is -2.32. The molecule has 1 fully saturated rings. The number of hydrogen-bond acceptors (Lipinski definition) is 4. The standard InChI is InChI=1S/C74H76F6N2O4/c1-39-27-51(69(83)59(29-39)81-55-23-19-43(71(3,4)5)31-47(55)48-32-44(72(6,7)8)20-24-56(48)81)63-61(35-53(75)65(77)67(63)79)85-37-41-17-15-16-18-42(41)38-86-62-36-54(76)66(78)68(80)64(62)52-28-40(2)30-60(70(52)84)82-57-25-21-45(73(9,10)11)33-49(57)50-34-46(74(12,13)14)22-26-58(50)82/h19-36,41-42,83-84H,15-18,37-38H2,1-14H3/t41-,42?/m0/s1. The number of hydrogen-bond donors (Lipinski definition) is 2. The maximum atomic E-state index is 16.7. The number of ether oxygens (including phenoxy) is 2. The number of fused-ring (bicyclic) bond motifs is 6. The van der Waals surface area contributed by atoms with Crippen LogP contribution in [-0.2, 0) is 21.7 Å². The number of benzene rings is 8. The number of aromatic hydroxyl groups is 2. The van der Waals surface area contributed by atoms with Crippen LogP contribution < -0.4 is 9.47 Å². The van der Waals surface area contributed by atoms with Crippen molar-refractivity contribution in [3.8, 4) is 56.6 Å². The molecule has 0 bridgehead atoms. The molecule has 1 unspecified atom stereocenters. The molecule has 11 rings (SSSR count). The molecule has 1 aliphatic rings. The van der Waals surface area contributed by atoms with Gasteiger partial charge in [-0.2, -0.15) is 0 Å². The first-order valence-electron chi connectivity index (χ1n) is 29.8. The van der Waals surface area contributed by atoms with Gasteiger partial charge in [0.05, 0.1) is 57.8 Å². The second-order valence-electron chi connectivity index (χ2n) is 28.1. The number of rotatable bonds is 10. The van der Waals surface area contributed by atoms with Gasteiger partial charge in [-0.25, -0.2) is 26.3 Å². The van der Waals surface area contributed by atoms with E-state index < -0.39 is 46.0 Å². The van der Waals surface area contributed by atoms with Crippen LogP contribution in [0.5, 0.6) is 23.0 Å². The van der Waals surface area contributed by atoms with E-state index in [0.29, 0.717) is 35.3 Å². The van der Waals surface area contributed by atoms with E-state index >= 15 is 26.3 Å². The molecule has 2 aromatic heterocycles. The van der Waals surface area contributed by atoms with E-state index in [1.165, 1.54) is 12.1 Å². The molecule has 0 spiro atoms. The first kappa shape index (κ1) is 59.9. The first-order chi connectivity index (χ1) is 40.3. The fraction of sp³-hybridized carbons (Fsp3) is 0.351. The minimum atomic E-state index is -1.74. The summed E-state index contributed by atoms with van der Waals surface area (Å²) in [5.41, 5.74) is 7.47. The molecule has 8 aromatic carbocycles. The van der Waals surface area contributed by atoms with Crippen molar-refractivity contribution in [1.82, 2.24) is 9.13 Å². The van der Waals surface area contributed by atoms with Gasteiger partial charge in [-0.05, 0) is 166 Å². The second-order valence-corrected chi connectivity index (χ2v) is 28.1. The lowest BCUT2D eigenvalue weighted by Crippen LogP contribution is -2.30. The highest BCUT2D eigenvalue weighted by atomic mass is 19.2. The summed E-state index contributed by atoms with van der Waals surface area (Å²) in [5.74, 6) is -11.7. The Morgan fingerprint density at radius 2 is 0.698 bits per heavy atom. The number of halogens is 6. The number of phenolic OH excluding ortho intramolecular Hbond substituents is 2. The zero-order valence-corrected chi connectivity index (χ0v) is 51.7. The highest BCUT2D eigenvalue weighted by molar-refractivity contribution is 6.11. The summed E-state index contributed by atoms with van der Waals surface area (Å²) in [7, 11) is 0. The van der Waals surface area contributed by atoms with Crippen molar-refractivity contribution in [3.63, 3.8) is 0 Å². The van der Waals surface area contributed by atoms with Gasteiger partial charge >= 0.3 is 0 Å². The highest BCUT2D eigenvalue weighted by Crippen LogP contribution is 2.49. The van der Waals surface area contributed by atoms with Crippen LogP contribution in [0.25, 0.3) is 77.2 Å². The Morgan fingerprint density at radius 3 is 0.977 bits per heavy atom. The zero-order chi connectivity index (χ0) is 62.0. The smallest absolute Gasteiger partial charge is 0.195 e. The summed E-state index contributed by atoms with van der Waals surface area (Å²) in [4.78, 5) is 0. The normalized spacial score (nSPS) is 15.4. The summed E-state index contributed by atoms with van der Waals surface area (Å²) in [6.45, 7) is 29.0. The SMILES string of the molecule is Cc1cc(-c2c(OCC3CCCC[C@H]3COc3cc(F)c(F)c(F)c3-c3cc(C)cc(-n4c5ccc(C(C)(C)C)cc5c5cc(C(C)(C)C)ccc54)c3O)cc(F)c(F)c2F)c(O)c(-n2c3ccc(C(C)(C)C)cc3c3cc(C(C)(C)C)ccc32)c1. The minimum absolute atomic E-state index is 0.111.